The lowest BCUT2D eigenvalue weighted by Gasteiger charge is -2.62. The topological polar surface area (TPSA) is 101 Å². The van der Waals surface area contributed by atoms with Gasteiger partial charge in [0, 0.05) is 25.2 Å². The summed E-state index contributed by atoms with van der Waals surface area (Å²) < 4.78 is 4.94. The molecule has 4 fully saturated rings. The fraction of sp³-hybridized carbons (Fsp3) is 0.875. The molecule has 4 saturated carbocycles. The lowest BCUT2D eigenvalue weighted by Crippen LogP contribution is -2.64. The Hall–Kier alpha value is -1.27. The number of carbonyl (C=O) groups is 3. The van der Waals surface area contributed by atoms with Gasteiger partial charge in [0.2, 0.25) is 5.78 Å². The highest BCUT2D eigenvalue weighted by atomic mass is 16.5. The molecule has 6 heteroatoms. The van der Waals surface area contributed by atoms with E-state index in [1.165, 1.54) is 6.92 Å². The second kappa shape index (κ2) is 7.13. The fourth-order valence-electron chi connectivity index (χ4n) is 8.38. The minimum absolute atomic E-state index is 0.0662. The predicted octanol–water partition coefficient (Wildman–Crippen LogP) is 2.68. The number of ketones is 2. The maximum Gasteiger partial charge on any atom is 0.303 e. The molecule has 0 spiro atoms. The molecule has 0 aromatic heterocycles. The molecule has 30 heavy (non-hydrogen) atoms. The minimum atomic E-state index is -1.61. The Kier molecular flexibility index (Phi) is 5.21. The van der Waals surface area contributed by atoms with E-state index >= 15 is 0 Å². The van der Waals surface area contributed by atoms with Crippen LogP contribution in [0.2, 0.25) is 0 Å². The molecule has 0 heterocycles. The van der Waals surface area contributed by atoms with Gasteiger partial charge in [-0.05, 0) is 67.1 Å². The van der Waals surface area contributed by atoms with Crippen LogP contribution in [0.4, 0.5) is 0 Å². The molecular weight excluding hydrogens is 384 g/mol. The lowest BCUT2D eigenvalue weighted by atomic mass is 9.43. The molecule has 0 radical (unpaired) electrons. The van der Waals surface area contributed by atoms with Crippen molar-refractivity contribution in [1.29, 1.82) is 0 Å². The van der Waals surface area contributed by atoms with Crippen LogP contribution < -0.4 is 0 Å². The smallest absolute Gasteiger partial charge is 0.303 e. The number of rotatable bonds is 3. The quantitative estimate of drug-likeness (QED) is 0.681. The molecule has 6 nitrogen and oxygen atoms in total. The van der Waals surface area contributed by atoms with Crippen LogP contribution in [0.15, 0.2) is 0 Å². The van der Waals surface area contributed by atoms with Gasteiger partial charge in [0.05, 0.1) is 6.10 Å². The first-order valence-electron chi connectivity index (χ1n) is 11.5. The standard InChI is InChI=1S/C24H36O6/c1-13-9-18-17-6-5-15-10-16(26)7-8-22(15,3)21(17)19(27)11-23(18,4)24(13,29)20(28)12-30-14(2)25/h13,15,17-19,21,27,29H,5-12H2,1-4H3/t13-,15+,17+,18+,19-,21-,22+,23+,24+/m1/s1. The van der Waals surface area contributed by atoms with Crippen LogP contribution in [-0.2, 0) is 19.1 Å². The van der Waals surface area contributed by atoms with E-state index in [0.29, 0.717) is 31.0 Å². The molecule has 0 aromatic rings. The van der Waals surface area contributed by atoms with E-state index in [9.17, 15) is 24.6 Å². The Morgan fingerprint density at radius 3 is 2.60 bits per heavy atom. The monoisotopic (exact) mass is 420 g/mol. The van der Waals surface area contributed by atoms with E-state index in [1.807, 2.05) is 13.8 Å². The van der Waals surface area contributed by atoms with Crippen LogP contribution in [0.25, 0.3) is 0 Å². The summed E-state index contributed by atoms with van der Waals surface area (Å²) in [6.07, 6.45) is 4.41. The van der Waals surface area contributed by atoms with Crippen molar-refractivity contribution in [3.05, 3.63) is 0 Å². The molecule has 0 saturated heterocycles. The van der Waals surface area contributed by atoms with Gasteiger partial charge in [0.1, 0.15) is 11.4 Å². The molecule has 2 N–H and O–H groups in total. The average molecular weight is 421 g/mol. The highest BCUT2D eigenvalue weighted by Crippen LogP contribution is 2.69. The molecule has 0 bridgehead atoms. The number of Topliss-reactive ketones (excluding diaryl/α,β-unsaturated/α-hetero) is 2. The molecule has 0 unspecified atom stereocenters. The van der Waals surface area contributed by atoms with E-state index in [2.05, 4.69) is 6.92 Å². The zero-order chi connectivity index (χ0) is 22.1. The SMILES string of the molecule is CC(=O)OCC(=O)[C@@]1(O)[C@H](C)C[C@H]2[C@@H]3CC[C@H]4CC(=O)CC[C@]4(C)[C@H]3[C@H](O)C[C@@]21C. The first-order valence-corrected chi connectivity index (χ1v) is 11.5. The van der Waals surface area contributed by atoms with Crippen molar-refractivity contribution in [2.24, 2.45) is 40.4 Å². The zero-order valence-electron chi connectivity index (χ0n) is 18.6. The van der Waals surface area contributed by atoms with Gasteiger partial charge in [0.25, 0.3) is 0 Å². The van der Waals surface area contributed by atoms with Crippen LogP contribution in [-0.4, -0.2) is 46.1 Å². The highest BCUT2D eigenvalue weighted by molar-refractivity contribution is 5.91. The Morgan fingerprint density at radius 2 is 1.93 bits per heavy atom. The molecule has 168 valence electrons. The predicted molar refractivity (Wildman–Crippen MR) is 109 cm³/mol. The van der Waals surface area contributed by atoms with Crippen molar-refractivity contribution < 1.29 is 29.3 Å². The number of carbonyl (C=O) groups excluding carboxylic acids is 3. The van der Waals surface area contributed by atoms with Gasteiger partial charge in [-0.1, -0.05) is 20.8 Å². The molecule has 9 atom stereocenters. The van der Waals surface area contributed by atoms with Crippen LogP contribution in [0.3, 0.4) is 0 Å². The average Bonchev–Trinajstić information content (AvgIpc) is 2.87. The van der Waals surface area contributed by atoms with Crippen molar-refractivity contribution in [2.75, 3.05) is 6.61 Å². The van der Waals surface area contributed by atoms with Gasteiger partial charge in [-0.25, -0.2) is 0 Å². The summed E-state index contributed by atoms with van der Waals surface area (Å²) in [7, 11) is 0. The third kappa shape index (κ3) is 2.85. The van der Waals surface area contributed by atoms with Crippen molar-refractivity contribution in [2.45, 2.75) is 84.3 Å². The summed E-state index contributed by atoms with van der Waals surface area (Å²) in [5.74, 6) is -0.146. The van der Waals surface area contributed by atoms with Gasteiger partial charge < -0.3 is 14.9 Å². The third-order valence-electron chi connectivity index (χ3n) is 9.83. The van der Waals surface area contributed by atoms with Crippen LogP contribution in [0, 0.1) is 40.4 Å². The first-order chi connectivity index (χ1) is 13.9. The van der Waals surface area contributed by atoms with E-state index in [-0.39, 0.29) is 29.1 Å². The Bertz CT molecular complexity index is 763. The second-order valence-corrected chi connectivity index (χ2v) is 11.1. The second-order valence-electron chi connectivity index (χ2n) is 11.1. The molecule has 0 aromatic carbocycles. The van der Waals surface area contributed by atoms with E-state index < -0.39 is 35.5 Å². The van der Waals surface area contributed by atoms with E-state index in [4.69, 9.17) is 4.74 Å². The number of hydrogen-bond donors (Lipinski definition) is 2. The van der Waals surface area contributed by atoms with Crippen molar-refractivity contribution in [3.63, 3.8) is 0 Å². The summed E-state index contributed by atoms with van der Waals surface area (Å²) in [5, 5.41) is 23.2. The minimum Gasteiger partial charge on any atom is -0.458 e. The van der Waals surface area contributed by atoms with E-state index in [1.54, 1.807) is 0 Å². The fourth-order valence-corrected chi connectivity index (χ4v) is 8.38. The number of hydrogen-bond acceptors (Lipinski definition) is 6. The van der Waals surface area contributed by atoms with Crippen LogP contribution in [0.1, 0.15) is 72.6 Å². The maximum absolute atomic E-state index is 13.1. The van der Waals surface area contributed by atoms with Crippen molar-refractivity contribution in [3.8, 4) is 0 Å². The van der Waals surface area contributed by atoms with Gasteiger partial charge in [-0.15, -0.1) is 0 Å². The Morgan fingerprint density at radius 1 is 1.23 bits per heavy atom. The Labute approximate surface area is 178 Å². The van der Waals surface area contributed by atoms with Crippen LogP contribution >= 0.6 is 0 Å². The first kappa shape index (κ1) is 21.9. The lowest BCUT2D eigenvalue weighted by molar-refractivity contribution is -0.202. The highest BCUT2D eigenvalue weighted by Gasteiger charge is 2.71. The van der Waals surface area contributed by atoms with Gasteiger partial charge in [-0.3, -0.25) is 14.4 Å². The molecule has 4 aliphatic carbocycles. The number of aliphatic hydroxyl groups excluding tert-OH is 1. The zero-order valence-corrected chi connectivity index (χ0v) is 18.6. The van der Waals surface area contributed by atoms with E-state index in [0.717, 1.165) is 25.7 Å². The molecular formula is C24H36O6. The number of esters is 1. The van der Waals surface area contributed by atoms with Crippen molar-refractivity contribution >= 4 is 17.5 Å². The number of ether oxygens (including phenoxy) is 1. The van der Waals surface area contributed by atoms with Gasteiger partial charge >= 0.3 is 5.97 Å². The number of fused-ring (bicyclic) bond motifs is 5. The van der Waals surface area contributed by atoms with Gasteiger partial charge in [-0.2, -0.15) is 0 Å². The largest absolute Gasteiger partial charge is 0.458 e. The summed E-state index contributed by atoms with van der Waals surface area (Å²) in [6.45, 7) is 6.94. The Balaban J connectivity index is 1.67. The van der Waals surface area contributed by atoms with Crippen LogP contribution in [0.5, 0.6) is 0 Å². The summed E-state index contributed by atoms with van der Waals surface area (Å²) >= 11 is 0. The molecule has 4 aliphatic rings. The molecule has 4 rings (SSSR count). The summed E-state index contributed by atoms with van der Waals surface area (Å²) in [6, 6.07) is 0. The van der Waals surface area contributed by atoms with Crippen molar-refractivity contribution in [1.82, 2.24) is 0 Å². The molecule has 0 amide bonds. The third-order valence-corrected chi connectivity index (χ3v) is 9.83. The molecule has 0 aliphatic heterocycles. The maximum atomic E-state index is 13.1. The normalized spacial score (nSPS) is 50.3. The summed E-state index contributed by atoms with van der Waals surface area (Å²) in [5.41, 5.74) is -2.43. The van der Waals surface area contributed by atoms with Gasteiger partial charge in [0.15, 0.2) is 6.61 Å². The summed E-state index contributed by atoms with van der Waals surface area (Å²) in [4.78, 5) is 36.4. The number of aliphatic hydroxyl groups is 2.